The van der Waals surface area contributed by atoms with Crippen molar-refractivity contribution in [3.05, 3.63) is 30.2 Å². The molecule has 3 aliphatic rings. The highest BCUT2D eigenvalue weighted by Crippen LogP contribution is 2.43. The van der Waals surface area contributed by atoms with Gasteiger partial charge in [-0.2, -0.15) is 5.10 Å². The predicted molar refractivity (Wildman–Crippen MR) is 121 cm³/mol. The summed E-state index contributed by atoms with van der Waals surface area (Å²) in [6.45, 7) is 7.48. The second-order valence-corrected chi connectivity index (χ2v) is 9.89. The first-order valence-electron chi connectivity index (χ1n) is 11.9. The maximum Gasteiger partial charge on any atom is 0.290 e. The maximum atomic E-state index is 13.4. The highest BCUT2D eigenvalue weighted by Gasteiger charge is 2.47. The Hall–Kier alpha value is -2.48. The van der Waals surface area contributed by atoms with Gasteiger partial charge in [-0.25, -0.2) is 9.50 Å². The number of likely N-dealkylation sites (tertiary alicyclic amines) is 1. The average Bonchev–Trinajstić information content (AvgIpc) is 3.27. The van der Waals surface area contributed by atoms with Gasteiger partial charge in [0.2, 0.25) is 0 Å². The van der Waals surface area contributed by atoms with Crippen molar-refractivity contribution in [2.24, 2.45) is 17.8 Å². The van der Waals surface area contributed by atoms with Crippen LogP contribution in [0.15, 0.2) is 24.7 Å². The largest absolute Gasteiger partial charge is 0.483 e. The lowest BCUT2D eigenvalue weighted by Gasteiger charge is -2.57. The molecule has 5 rings (SSSR count). The Morgan fingerprint density at radius 1 is 1.25 bits per heavy atom. The number of piperidine rings is 3. The third-order valence-electron chi connectivity index (χ3n) is 7.47. The van der Waals surface area contributed by atoms with Crippen LogP contribution in [0.25, 0.3) is 5.65 Å². The molecule has 32 heavy (non-hydrogen) atoms. The van der Waals surface area contributed by atoms with Crippen molar-refractivity contribution >= 4 is 18.0 Å². The van der Waals surface area contributed by atoms with Crippen LogP contribution >= 0.6 is 0 Å². The van der Waals surface area contributed by atoms with Crippen LogP contribution in [0.4, 0.5) is 0 Å². The second-order valence-electron chi connectivity index (χ2n) is 9.89. The van der Waals surface area contributed by atoms with Gasteiger partial charge in [-0.3, -0.25) is 14.5 Å². The molecule has 174 valence electrons. The molecule has 3 saturated heterocycles. The van der Waals surface area contributed by atoms with Gasteiger partial charge >= 0.3 is 0 Å². The van der Waals surface area contributed by atoms with Crippen LogP contribution in [0.1, 0.15) is 62.7 Å². The summed E-state index contributed by atoms with van der Waals surface area (Å²) in [5, 5.41) is 11.1. The lowest BCUT2D eigenvalue weighted by Crippen LogP contribution is -2.64. The molecule has 0 saturated carbocycles. The fraction of sp³-hybridized carbons (Fsp3) is 0.667. The summed E-state index contributed by atoms with van der Waals surface area (Å²) in [4.78, 5) is 30.9. The summed E-state index contributed by atoms with van der Waals surface area (Å²) in [5.74, 6) is 2.14. The Morgan fingerprint density at radius 2 is 2.03 bits per heavy atom. The van der Waals surface area contributed by atoms with Crippen molar-refractivity contribution in [2.45, 2.75) is 64.5 Å². The molecule has 8 heteroatoms. The Balaban J connectivity index is 0.000000775. The van der Waals surface area contributed by atoms with Gasteiger partial charge in [0.25, 0.3) is 12.4 Å². The first-order valence-corrected chi connectivity index (χ1v) is 11.9. The molecule has 1 amide bonds. The number of carbonyl (C=O) groups excluding carboxylic acids is 1. The molecule has 2 aromatic rings. The Morgan fingerprint density at radius 3 is 2.81 bits per heavy atom. The van der Waals surface area contributed by atoms with E-state index in [2.05, 4.69) is 33.7 Å². The van der Waals surface area contributed by atoms with Crippen LogP contribution in [0.2, 0.25) is 0 Å². The van der Waals surface area contributed by atoms with Gasteiger partial charge in [0.15, 0.2) is 5.65 Å². The number of hydrogen-bond donors (Lipinski definition) is 1. The third kappa shape index (κ3) is 4.65. The normalized spacial score (nSPS) is 27.5. The lowest BCUT2D eigenvalue weighted by molar-refractivity contribution is -0.122. The number of carboxylic acid groups (broad SMARTS) is 1. The molecule has 3 fully saturated rings. The number of fused-ring (bicyclic) bond motifs is 5. The predicted octanol–water partition coefficient (Wildman–Crippen LogP) is 3.18. The van der Waals surface area contributed by atoms with Crippen LogP contribution < -0.4 is 0 Å². The van der Waals surface area contributed by atoms with Crippen molar-refractivity contribution in [3.8, 4) is 0 Å². The van der Waals surface area contributed by atoms with Gasteiger partial charge in [0.1, 0.15) is 6.33 Å². The highest BCUT2D eigenvalue weighted by atomic mass is 16.3. The molecule has 4 atom stereocenters. The Kier molecular flexibility index (Phi) is 7.08. The van der Waals surface area contributed by atoms with Crippen molar-refractivity contribution in [3.63, 3.8) is 0 Å². The fourth-order valence-corrected chi connectivity index (χ4v) is 6.10. The molecule has 0 aliphatic carbocycles. The van der Waals surface area contributed by atoms with Crippen molar-refractivity contribution in [2.75, 3.05) is 19.6 Å². The standard InChI is InChI=1S/C23H33N5O.CH2O2/c1-16(2)6-8-21-19-11-18(20-5-3-4-10-27(20)21)12-26(13-19)23(29)17-7-9-22-24-15-25-28(22)14-17;2-1-3/h7,9,14-16,18-21H,3-6,8,10-13H2,1-2H3;1H,(H,2,3)/t18-,19+,20+,21+;/m1./s1. The third-order valence-corrected chi connectivity index (χ3v) is 7.47. The van der Waals surface area contributed by atoms with Gasteiger partial charge in [0, 0.05) is 31.4 Å². The molecule has 0 aromatic carbocycles. The SMILES string of the molecule is CC(C)CC[C@H]1[C@H]2C[C@H](CN(C(=O)c3ccc4ncnn4c3)C2)[C@@H]2CCCCN21.O=CO. The monoisotopic (exact) mass is 441 g/mol. The lowest BCUT2D eigenvalue weighted by atomic mass is 9.71. The number of hydrogen-bond acceptors (Lipinski definition) is 5. The van der Waals surface area contributed by atoms with Crippen LogP contribution in [-0.2, 0) is 4.79 Å². The molecule has 2 bridgehead atoms. The number of rotatable bonds is 4. The van der Waals surface area contributed by atoms with Gasteiger partial charge in [-0.1, -0.05) is 20.3 Å². The topological polar surface area (TPSA) is 91.0 Å². The van der Waals surface area contributed by atoms with Crippen LogP contribution in [0.3, 0.4) is 0 Å². The van der Waals surface area contributed by atoms with E-state index in [9.17, 15) is 4.79 Å². The molecule has 2 aromatic heterocycles. The van der Waals surface area contributed by atoms with Crippen LogP contribution in [0, 0.1) is 17.8 Å². The number of carbonyl (C=O) groups is 2. The first-order chi connectivity index (χ1) is 15.5. The van der Waals surface area contributed by atoms with E-state index in [4.69, 9.17) is 9.90 Å². The Bertz CT molecular complexity index is 929. The van der Waals surface area contributed by atoms with E-state index in [1.807, 2.05) is 18.3 Å². The van der Waals surface area contributed by atoms with Gasteiger partial charge in [0.05, 0.1) is 5.56 Å². The zero-order chi connectivity index (χ0) is 22.7. The summed E-state index contributed by atoms with van der Waals surface area (Å²) in [6.07, 6.45) is 11.2. The van der Waals surface area contributed by atoms with Crippen molar-refractivity contribution in [1.29, 1.82) is 0 Å². The summed E-state index contributed by atoms with van der Waals surface area (Å²) in [6, 6.07) is 5.11. The van der Waals surface area contributed by atoms with Crippen LogP contribution in [-0.4, -0.2) is 73.6 Å². The molecule has 1 N–H and O–H groups in total. The Labute approximate surface area is 189 Å². The maximum absolute atomic E-state index is 13.4. The van der Waals surface area contributed by atoms with E-state index in [0.717, 1.165) is 30.2 Å². The summed E-state index contributed by atoms with van der Waals surface area (Å²) in [7, 11) is 0. The molecule has 0 radical (unpaired) electrons. The molecule has 0 unspecified atom stereocenters. The molecule has 0 spiro atoms. The minimum Gasteiger partial charge on any atom is -0.483 e. The summed E-state index contributed by atoms with van der Waals surface area (Å²) in [5.41, 5.74) is 1.51. The molecular formula is C24H35N5O3. The summed E-state index contributed by atoms with van der Waals surface area (Å²) < 4.78 is 1.70. The second kappa shape index (κ2) is 9.98. The molecular weight excluding hydrogens is 406 g/mol. The fourth-order valence-electron chi connectivity index (χ4n) is 6.10. The molecule has 3 aliphatic heterocycles. The van der Waals surface area contributed by atoms with E-state index in [1.54, 1.807) is 4.52 Å². The van der Waals surface area contributed by atoms with Crippen molar-refractivity contribution < 1.29 is 14.7 Å². The number of nitrogens with zero attached hydrogens (tertiary/aromatic N) is 5. The summed E-state index contributed by atoms with van der Waals surface area (Å²) >= 11 is 0. The zero-order valence-corrected chi connectivity index (χ0v) is 19.1. The quantitative estimate of drug-likeness (QED) is 0.733. The average molecular weight is 442 g/mol. The number of pyridine rings is 1. The van der Waals surface area contributed by atoms with Gasteiger partial charge < -0.3 is 10.0 Å². The van der Waals surface area contributed by atoms with Crippen molar-refractivity contribution in [1.82, 2.24) is 24.4 Å². The van der Waals surface area contributed by atoms with Gasteiger partial charge in [-0.15, -0.1) is 0 Å². The first kappa shape index (κ1) is 22.7. The van der Waals surface area contributed by atoms with E-state index in [0.29, 0.717) is 23.9 Å². The van der Waals surface area contributed by atoms with E-state index in [1.165, 1.54) is 51.4 Å². The van der Waals surface area contributed by atoms with Crippen LogP contribution in [0.5, 0.6) is 0 Å². The van der Waals surface area contributed by atoms with Gasteiger partial charge in [-0.05, 0) is 68.5 Å². The minimum absolute atomic E-state index is 0.156. The smallest absolute Gasteiger partial charge is 0.290 e. The number of amides is 1. The van der Waals surface area contributed by atoms with E-state index >= 15 is 0 Å². The minimum atomic E-state index is -0.250. The van der Waals surface area contributed by atoms with E-state index < -0.39 is 0 Å². The molecule has 5 heterocycles. The molecule has 8 nitrogen and oxygen atoms in total. The number of aromatic nitrogens is 3. The van der Waals surface area contributed by atoms with E-state index in [-0.39, 0.29) is 12.4 Å². The zero-order valence-electron chi connectivity index (χ0n) is 19.1. The highest BCUT2D eigenvalue weighted by molar-refractivity contribution is 5.94.